The molecule has 2 N–H and O–H groups in total. The summed E-state index contributed by atoms with van der Waals surface area (Å²) in [5.41, 5.74) is 3.35. The predicted molar refractivity (Wildman–Crippen MR) is 204 cm³/mol. The van der Waals surface area contributed by atoms with Crippen molar-refractivity contribution in [1.82, 2.24) is 28.7 Å². The van der Waals surface area contributed by atoms with Crippen molar-refractivity contribution in [1.29, 1.82) is 0 Å². The number of nitrogens with zero attached hydrogens (tertiary/aromatic N) is 6. The number of alkyl halides is 3. The lowest BCUT2D eigenvalue weighted by molar-refractivity contribution is -0.0499. The average Bonchev–Trinajstić information content (AvgIpc) is 3.84. The molecule has 0 radical (unpaired) electrons. The molecule has 0 atom stereocenters. The lowest BCUT2D eigenvalue weighted by Gasteiger charge is -2.12. The maximum atomic E-state index is 12.4. The molecule has 55 heavy (non-hydrogen) atoms. The van der Waals surface area contributed by atoms with Crippen molar-refractivity contribution in [3.63, 3.8) is 0 Å². The first-order valence-electron chi connectivity index (χ1n) is 16.6. The lowest BCUT2D eigenvalue weighted by atomic mass is 9.82. The van der Waals surface area contributed by atoms with Gasteiger partial charge in [-0.05, 0) is 85.0 Å². The second-order valence-corrected chi connectivity index (χ2v) is 13.5. The topological polar surface area (TPSA) is 144 Å². The maximum absolute atomic E-state index is 12.4. The summed E-state index contributed by atoms with van der Waals surface area (Å²) >= 11 is 0. The van der Waals surface area contributed by atoms with E-state index in [4.69, 9.17) is 10.0 Å². The van der Waals surface area contributed by atoms with Crippen LogP contribution in [0, 0.1) is 13.8 Å². The number of rotatable bonds is 6. The summed E-state index contributed by atoms with van der Waals surface area (Å²) in [7, 11) is -7.14. The Balaban J connectivity index is 0.000000146. The fraction of sp³-hybridized carbons (Fsp3) is 0.0769. The van der Waals surface area contributed by atoms with Crippen LogP contribution in [-0.2, 0) is 10.1 Å². The van der Waals surface area contributed by atoms with Crippen LogP contribution >= 0.6 is 0 Å². The van der Waals surface area contributed by atoms with Gasteiger partial charge in [-0.25, -0.2) is 9.97 Å². The second kappa shape index (κ2) is 16.3. The Morgan fingerprint density at radius 1 is 0.636 bits per heavy atom. The van der Waals surface area contributed by atoms with E-state index < -0.39 is 28.5 Å². The van der Waals surface area contributed by atoms with Crippen LogP contribution in [-0.4, -0.2) is 59.8 Å². The Hall–Kier alpha value is -6.36. The fourth-order valence-corrected chi connectivity index (χ4v) is 5.91. The molecule has 0 aliphatic rings. The Labute approximate surface area is 314 Å². The highest BCUT2D eigenvalue weighted by atomic mass is 32.2. The summed E-state index contributed by atoms with van der Waals surface area (Å²) in [6.45, 7) is 3.73. The number of hydrogen-bond donors (Lipinski definition) is 2. The molecule has 16 heteroatoms. The molecule has 0 aliphatic heterocycles. The van der Waals surface area contributed by atoms with Crippen LogP contribution in [0.3, 0.4) is 0 Å². The highest BCUT2D eigenvalue weighted by Crippen LogP contribution is 2.34. The number of aromatic nitrogens is 6. The Bertz CT molecular complexity index is 2690. The zero-order chi connectivity index (χ0) is 39.2. The number of fused-ring (bicyclic) bond motifs is 2. The van der Waals surface area contributed by atoms with E-state index in [1.54, 1.807) is 66.3 Å². The Morgan fingerprint density at radius 3 is 1.75 bits per heavy atom. The molecule has 0 saturated carbocycles. The number of hydrogen-bond acceptors (Lipinski definition) is 9. The molecule has 6 aromatic heterocycles. The third kappa shape index (κ3) is 9.24. The predicted octanol–water partition coefficient (Wildman–Crippen LogP) is 6.67. The van der Waals surface area contributed by atoms with Crippen molar-refractivity contribution in [2.75, 3.05) is 0 Å². The fourth-order valence-electron chi connectivity index (χ4n) is 5.43. The smallest absolute Gasteiger partial charge is 0.423 e. The normalized spacial score (nSPS) is 11.3. The quantitative estimate of drug-likeness (QED) is 0.108. The first-order chi connectivity index (χ1) is 26.3. The van der Waals surface area contributed by atoms with Gasteiger partial charge in [0.2, 0.25) is 0 Å². The number of imidazole rings is 2. The molecule has 0 saturated heterocycles. The molecule has 0 amide bonds. The van der Waals surface area contributed by atoms with Gasteiger partial charge in [0.15, 0.2) is 5.75 Å². The number of pyridine rings is 4. The third-order valence-corrected chi connectivity index (χ3v) is 9.00. The number of halogens is 3. The minimum absolute atomic E-state index is 0.161. The zero-order valence-electron chi connectivity index (χ0n) is 29.3. The van der Waals surface area contributed by atoms with Crippen molar-refractivity contribution < 1.29 is 35.8 Å². The van der Waals surface area contributed by atoms with Gasteiger partial charge in [0, 0.05) is 59.7 Å². The molecular weight excluding hydrogens is 732 g/mol. The molecule has 0 aliphatic carbocycles. The maximum Gasteiger partial charge on any atom is 0.534 e. The van der Waals surface area contributed by atoms with E-state index in [-0.39, 0.29) is 5.56 Å². The van der Waals surface area contributed by atoms with Crippen molar-refractivity contribution in [2.45, 2.75) is 19.4 Å². The molecule has 8 rings (SSSR count). The molecule has 0 fully saturated rings. The van der Waals surface area contributed by atoms with Gasteiger partial charge in [-0.3, -0.25) is 9.97 Å². The zero-order valence-corrected chi connectivity index (χ0v) is 30.1. The van der Waals surface area contributed by atoms with E-state index in [1.807, 2.05) is 41.9 Å². The summed E-state index contributed by atoms with van der Waals surface area (Å²) in [6, 6.07) is 32.4. The van der Waals surface area contributed by atoms with Crippen LogP contribution in [0.4, 0.5) is 13.2 Å². The van der Waals surface area contributed by atoms with Gasteiger partial charge in [0.25, 0.3) is 0 Å². The standard InChI is InChI=1S/C19H15N3.C13H10F3NO3S.C7H7BN2O2/c1-14-5-4-8-18(21-14)17-7-3-2-6-16(17)15-9-10-19-20-11-12-22(19)13-15;1-9-5-4-7-11(17-9)10-6-2-3-8-12(10)20-21(18,19)13(14,15)16;11-8(12)6-1-2-7-9-3-4-10(7)5-6/h2-13H,1H3;2-8H,1H3;1-5,11-12H. The van der Waals surface area contributed by atoms with E-state index in [0.29, 0.717) is 16.9 Å². The Kier molecular flexibility index (Phi) is 11.4. The van der Waals surface area contributed by atoms with Crippen LogP contribution in [0.5, 0.6) is 5.75 Å². The highest BCUT2D eigenvalue weighted by molar-refractivity contribution is 7.88. The van der Waals surface area contributed by atoms with Crippen LogP contribution in [0.25, 0.3) is 44.9 Å². The third-order valence-electron chi connectivity index (χ3n) is 8.04. The van der Waals surface area contributed by atoms with Crippen molar-refractivity contribution in [3.05, 3.63) is 158 Å². The van der Waals surface area contributed by atoms with E-state index >= 15 is 0 Å². The monoisotopic (exact) mass is 764 g/mol. The lowest BCUT2D eigenvalue weighted by Crippen LogP contribution is -2.30. The molecule has 8 aromatic rings. The van der Waals surface area contributed by atoms with E-state index in [9.17, 15) is 21.6 Å². The van der Waals surface area contributed by atoms with Crippen LogP contribution in [0.15, 0.2) is 146 Å². The summed E-state index contributed by atoms with van der Waals surface area (Å²) in [5, 5.41) is 17.7. The first-order valence-corrected chi connectivity index (χ1v) is 18.0. The summed E-state index contributed by atoms with van der Waals surface area (Å²) in [5.74, 6) is -0.423. The summed E-state index contributed by atoms with van der Waals surface area (Å²) in [4.78, 5) is 17.1. The molecule has 2 aromatic carbocycles. The molecule has 11 nitrogen and oxygen atoms in total. The van der Waals surface area contributed by atoms with Crippen molar-refractivity contribution in [2.24, 2.45) is 0 Å². The highest BCUT2D eigenvalue weighted by Gasteiger charge is 2.48. The average molecular weight is 765 g/mol. The molecule has 278 valence electrons. The van der Waals surface area contributed by atoms with E-state index in [1.165, 1.54) is 17.7 Å². The minimum atomic E-state index is -5.72. The van der Waals surface area contributed by atoms with Crippen molar-refractivity contribution >= 4 is 34.0 Å². The minimum Gasteiger partial charge on any atom is -0.423 e. The van der Waals surface area contributed by atoms with E-state index in [2.05, 4.69) is 66.7 Å². The van der Waals surface area contributed by atoms with Gasteiger partial charge in [-0.2, -0.15) is 21.6 Å². The number of para-hydroxylation sites is 1. The Morgan fingerprint density at radius 2 is 1.16 bits per heavy atom. The van der Waals surface area contributed by atoms with Gasteiger partial charge in [-0.15, -0.1) is 0 Å². The second-order valence-electron chi connectivity index (χ2n) is 12.0. The molecule has 0 bridgehead atoms. The molecule has 6 heterocycles. The molecule has 0 unspecified atom stereocenters. The van der Waals surface area contributed by atoms with E-state index in [0.717, 1.165) is 39.9 Å². The largest absolute Gasteiger partial charge is 0.534 e. The van der Waals surface area contributed by atoms with Gasteiger partial charge in [0.05, 0.1) is 11.4 Å². The van der Waals surface area contributed by atoms with Crippen molar-refractivity contribution in [3.8, 4) is 39.4 Å². The number of benzene rings is 2. The molecule has 0 spiro atoms. The van der Waals surface area contributed by atoms with Gasteiger partial charge in [-0.1, -0.05) is 54.6 Å². The van der Waals surface area contributed by atoms with Crippen LogP contribution in [0.2, 0.25) is 0 Å². The first kappa shape index (κ1) is 38.4. The van der Waals surface area contributed by atoms with Gasteiger partial charge >= 0.3 is 22.7 Å². The summed E-state index contributed by atoms with van der Waals surface area (Å²) < 4.78 is 67.3. The molecular formula is C39H32BF3N6O5S. The van der Waals surface area contributed by atoms with Crippen LogP contribution in [0.1, 0.15) is 11.4 Å². The number of aryl methyl sites for hydroxylation is 2. The van der Waals surface area contributed by atoms with Gasteiger partial charge < -0.3 is 23.0 Å². The van der Waals surface area contributed by atoms with Crippen LogP contribution < -0.4 is 9.65 Å². The summed E-state index contributed by atoms with van der Waals surface area (Å²) in [6.07, 6.45) is 10.9. The van der Waals surface area contributed by atoms with Gasteiger partial charge in [0.1, 0.15) is 11.3 Å². The SMILES string of the molecule is Cc1cccc(-c2ccccc2-c2ccc3nccn3c2)n1.Cc1cccc(-c2ccccc2OS(=O)(=O)C(F)(F)F)n1.OB(O)c1ccc2nccn2c1.